The Morgan fingerprint density at radius 1 is 1.04 bits per heavy atom. The monoisotopic (exact) mass is 337 g/mol. The second-order valence-electron chi connectivity index (χ2n) is 5.55. The first-order valence-corrected chi connectivity index (χ1v) is 7.76. The van der Waals surface area contributed by atoms with Gasteiger partial charge in [0, 0.05) is 5.56 Å². The molecule has 1 heterocycles. The molecule has 0 bridgehead atoms. The number of carbonyl (C=O) groups excluding carboxylic acids is 1. The van der Waals surface area contributed by atoms with Gasteiger partial charge >= 0.3 is 0 Å². The number of methoxy groups -OCH3 is 2. The molecule has 0 saturated heterocycles. The van der Waals surface area contributed by atoms with E-state index in [9.17, 15) is 4.79 Å². The second-order valence-corrected chi connectivity index (χ2v) is 5.55. The average Bonchev–Trinajstić information content (AvgIpc) is 3.12. The van der Waals surface area contributed by atoms with Crippen LogP contribution < -0.4 is 14.8 Å². The Morgan fingerprint density at radius 3 is 2.48 bits per heavy atom. The van der Waals surface area contributed by atoms with Crippen molar-refractivity contribution in [1.29, 1.82) is 0 Å². The average molecular weight is 337 g/mol. The number of carbonyl (C=O) groups is 1. The van der Waals surface area contributed by atoms with E-state index < -0.39 is 0 Å². The molecule has 128 valence electrons. The van der Waals surface area contributed by atoms with Gasteiger partial charge in [0.05, 0.1) is 25.6 Å². The summed E-state index contributed by atoms with van der Waals surface area (Å²) in [5, 5.41) is 9.82. The van der Waals surface area contributed by atoms with E-state index in [1.54, 1.807) is 20.3 Å². The van der Waals surface area contributed by atoms with Gasteiger partial charge in [-0.2, -0.15) is 5.10 Å². The van der Waals surface area contributed by atoms with Crippen molar-refractivity contribution < 1.29 is 14.3 Å². The maximum atomic E-state index is 12.5. The number of benzene rings is 2. The highest BCUT2D eigenvalue weighted by Gasteiger charge is 2.13. The summed E-state index contributed by atoms with van der Waals surface area (Å²) in [6.07, 6.45) is 0. The molecule has 6 nitrogen and oxygen atoms in total. The zero-order valence-electron chi connectivity index (χ0n) is 14.3. The largest absolute Gasteiger partial charge is 0.497 e. The van der Waals surface area contributed by atoms with Crippen molar-refractivity contribution in [2.24, 2.45) is 0 Å². The molecule has 0 unspecified atom stereocenters. The number of H-pyrrole nitrogens is 1. The Labute approximate surface area is 145 Å². The number of aromatic nitrogens is 2. The van der Waals surface area contributed by atoms with Gasteiger partial charge in [-0.05, 0) is 55.0 Å². The number of aromatic amines is 1. The van der Waals surface area contributed by atoms with Crippen LogP contribution in [0.1, 0.15) is 16.1 Å². The van der Waals surface area contributed by atoms with E-state index >= 15 is 0 Å². The van der Waals surface area contributed by atoms with E-state index in [1.807, 2.05) is 49.4 Å². The van der Waals surface area contributed by atoms with Crippen LogP contribution in [0.5, 0.6) is 11.5 Å². The normalized spacial score (nSPS) is 10.4. The maximum absolute atomic E-state index is 12.5. The van der Waals surface area contributed by atoms with Crippen LogP contribution in [0.3, 0.4) is 0 Å². The van der Waals surface area contributed by atoms with Crippen LogP contribution in [0, 0.1) is 6.92 Å². The fraction of sp³-hybridized carbons (Fsp3) is 0.158. The molecule has 0 aliphatic heterocycles. The number of anilines is 1. The third-order valence-corrected chi connectivity index (χ3v) is 3.81. The summed E-state index contributed by atoms with van der Waals surface area (Å²) in [4.78, 5) is 12.5. The summed E-state index contributed by atoms with van der Waals surface area (Å²) in [7, 11) is 3.18. The van der Waals surface area contributed by atoms with Gasteiger partial charge in [0.15, 0.2) is 0 Å². The molecule has 2 aromatic carbocycles. The van der Waals surface area contributed by atoms with Crippen LogP contribution in [0.2, 0.25) is 0 Å². The van der Waals surface area contributed by atoms with Crippen LogP contribution in [0.4, 0.5) is 5.69 Å². The number of nitrogens with one attached hydrogen (secondary N) is 2. The summed E-state index contributed by atoms with van der Waals surface area (Å²) < 4.78 is 10.4. The van der Waals surface area contributed by atoms with Gasteiger partial charge in [0.25, 0.3) is 5.91 Å². The van der Waals surface area contributed by atoms with Gasteiger partial charge in [0.2, 0.25) is 0 Å². The predicted octanol–water partition coefficient (Wildman–Crippen LogP) is 3.65. The molecule has 6 heteroatoms. The minimum atomic E-state index is -0.281. The van der Waals surface area contributed by atoms with Gasteiger partial charge in [-0.1, -0.05) is 6.07 Å². The summed E-state index contributed by atoms with van der Waals surface area (Å²) in [6, 6.07) is 14.8. The minimum absolute atomic E-state index is 0.281. The summed E-state index contributed by atoms with van der Waals surface area (Å²) in [5.74, 6) is 1.09. The highest BCUT2D eigenvalue weighted by Crippen LogP contribution is 2.26. The predicted molar refractivity (Wildman–Crippen MR) is 96.3 cm³/mol. The first kappa shape index (κ1) is 16.6. The van der Waals surface area contributed by atoms with E-state index in [0.717, 1.165) is 16.9 Å². The minimum Gasteiger partial charge on any atom is -0.497 e. The lowest BCUT2D eigenvalue weighted by atomic mass is 10.1. The topological polar surface area (TPSA) is 76.2 Å². The molecule has 1 aromatic heterocycles. The smallest absolute Gasteiger partial charge is 0.273 e. The molecule has 3 rings (SSSR count). The molecule has 1 amide bonds. The van der Waals surface area contributed by atoms with Crippen molar-refractivity contribution >= 4 is 11.6 Å². The first-order valence-electron chi connectivity index (χ1n) is 7.76. The van der Waals surface area contributed by atoms with Crippen LogP contribution in [0.25, 0.3) is 11.3 Å². The highest BCUT2D eigenvalue weighted by molar-refractivity contribution is 6.04. The van der Waals surface area contributed by atoms with Crippen molar-refractivity contribution in [3.63, 3.8) is 0 Å². The van der Waals surface area contributed by atoms with Gasteiger partial charge in [-0.25, -0.2) is 0 Å². The second kappa shape index (κ2) is 7.09. The molecule has 0 aliphatic rings. The van der Waals surface area contributed by atoms with Crippen LogP contribution in [-0.2, 0) is 0 Å². The number of ether oxygens (including phenoxy) is 2. The Hall–Kier alpha value is -3.28. The molecule has 0 atom stereocenters. The van der Waals surface area contributed by atoms with Crippen molar-refractivity contribution in [3.8, 4) is 22.8 Å². The van der Waals surface area contributed by atoms with Gasteiger partial charge in [0.1, 0.15) is 17.2 Å². The third kappa shape index (κ3) is 3.63. The van der Waals surface area contributed by atoms with Crippen molar-refractivity contribution in [2.75, 3.05) is 19.5 Å². The summed E-state index contributed by atoms with van der Waals surface area (Å²) in [5.41, 5.74) is 3.59. The highest BCUT2D eigenvalue weighted by atomic mass is 16.5. The van der Waals surface area contributed by atoms with E-state index in [-0.39, 0.29) is 5.91 Å². The lowest BCUT2D eigenvalue weighted by Crippen LogP contribution is -2.13. The molecular weight excluding hydrogens is 318 g/mol. The Morgan fingerprint density at radius 2 is 1.80 bits per heavy atom. The lowest BCUT2D eigenvalue weighted by molar-refractivity contribution is 0.102. The SMILES string of the molecule is COc1ccc(-c2cc(C(=O)Nc3cc(C)ccc3OC)[nH]n2)cc1. The third-order valence-electron chi connectivity index (χ3n) is 3.81. The molecule has 0 aliphatic carbocycles. The number of amides is 1. The Balaban J connectivity index is 1.80. The molecule has 0 radical (unpaired) electrons. The van der Waals surface area contributed by atoms with Crippen molar-refractivity contribution in [3.05, 3.63) is 59.8 Å². The quantitative estimate of drug-likeness (QED) is 0.745. The molecular formula is C19H19N3O3. The van der Waals surface area contributed by atoms with E-state index in [2.05, 4.69) is 15.5 Å². The summed E-state index contributed by atoms with van der Waals surface area (Å²) >= 11 is 0. The molecule has 0 fully saturated rings. The fourth-order valence-electron chi connectivity index (χ4n) is 2.46. The lowest BCUT2D eigenvalue weighted by Gasteiger charge is -2.10. The first-order chi connectivity index (χ1) is 12.1. The Bertz CT molecular complexity index is 885. The van der Waals surface area contributed by atoms with Gasteiger partial charge < -0.3 is 14.8 Å². The van der Waals surface area contributed by atoms with Crippen LogP contribution >= 0.6 is 0 Å². The number of aryl methyl sites for hydroxylation is 1. The molecule has 0 saturated carbocycles. The van der Waals surface area contributed by atoms with Gasteiger partial charge in [-0.15, -0.1) is 0 Å². The van der Waals surface area contributed by atoms with Crippen molar-refractivity contribution in [2.45, 2.75) is 6.92 Å². The van der Waals surface area contributed by atoms with E-state index in [4.69, 9.17) is 9.47 Å². The zero-order valence-corrected chi connectivity index (χ0v) is 14.3. The molecule has 0 spiro atoms. The van der Waals surface area contributed by atoms with Crippen molar-refractivity contribution in [1.82, 2.24) is 10.2 Å². The number of nitrogens with zero attached hydrogens (tertiary/aromatic N) is 1. The molecule has 3 aromatic rings. The maximum Gasteiger partial charge on any atom is 0.273 e. The Kier molecular flexibility index (Phi) is 4.70. The molecule has 25 heavy (non-hydrogen) atoms. The molecule has 2 N–H and O–H groups in total. The zero-order chi connectivity index (χ0) is 17.8. The van der Waals surface area contributed by atoms with Crippen LogP contribution in [-0.4, -0.2) is 30.3 Å². The van der Waals surface area contributed by atoms with Gasteiger partial charge in [-0.3, -0.25) is 9.89 Å². The number of hydrogen-bond acceptors (Lipinski definition) is 4. The van der Waals surface area contributed by atoms with E-state index in [1.165, 1.54) is 0 Å². The number of hydrogen-bond donors (Lipinski definition) is 2. The summed E-state index contributed by atoms with van der Waals surface area (Å²) in [6.45, 7) is 1.95. The standard InChI is InChI=1S/C19H19N3O3/c1-12-4-9-18(25-3)16(10-12)20-19(23)17-11-15(21-22-17)13-5-7-14(24-2)8-6-13/h4-11H,1-3H3,(H,20,23)(H,21,22). The number of rotatable bonds is 5. The fourth-order valence-corrected chi connectivity index (χ4v) is 2.46. The van der Waals surface area contributed by atoms with Crippen LogP contribution in [0.15, 0.2) is 48.5 Å². The van der Waals surface area contributed by atoms with E-state index in [0.29, 0.717) is 22.8 Å².